The summed E-state index contributed by atoms with van der Waals surface area (Å²) in [6.45, 7) is 0. The Morgan fingerprint density at radius 1 is 0.443 bits per heavy atom. The van der Waals surface area contributed by atoms with Gasteiger partial charge in [-0.1, -0.05) is 69.6 Å². The number of aryl methyl sites for hydroxylation is 4. The van der Waals surface area contributed by atoms with E-state index in [1.54, 1.807) is 36.4 Å². The molecule has 0 amide bonds. The largest absolute Gasteiger partial charge is 0.508 e. The summed E-state index contributed by atoms with van der Waals surface area (Å²) in [5.74, 6) is 0.166. The maximum absolute atomic E-state index is 10.9. The van der Waals surface area contributed by atoms with Crippen molar-refractivity contribution in [2.45, 2.75) is 84.5 Å². The Morgan fingerprint density at radius 3 is 1.33 bits per heavy atom. The maximum atomic E-state index is 10.9. The molecule has 0 unspecified atom stereocenters. The smallest absolute Gasteiger partial charge is 0.305 e. The predicted octanol–water partition coefficient (Wildman–Crippen LogP) is 11.2. The highest BCUT2D eigenvalue weighted by Crippen LogP contribution is 2.33. The number of aromatic hydroxyl groups is 4. The van der Waals surface area contributed by atoms with Gasteiger partial charge in [-0.3, -0.25) is 19.2 Å². The van der Waals surface area contributed by atoms with Crippen LogP contribution in [0.3, 0.4) is 0 Å². The Hall–Kier alpha value is -4.12. The number of phenols is 4. The van der Waals surface area contributed by atoms with Crippen LogP contribution in [-0.2, 0) is 63.8 Å². The monoisotopic (exact) mass is 1100 g/mol. The van der Waals surface area contributed by atoms with Gasteiger partial charge in [0.1, 0.15) is 23.0 Å². The van der Waals surface area contributed by atoms with E-state index in [1.807, 2.05) is 36.4 Å². The van der Waals surface area contributed by atoms with E-state index in [0.717, 1.165) is 31.2 Å². The van der Waals surface area contributed by atoms with Gasteiger partial charge >= 0.3 is 23.9 Å². The third kappa shape index (κ3) is 24.2. The summed E-state index contributed by atoms with van der Waals surface area (Å²) in [6, 6.07) is 21.5. The van der Waals surface area contributed by atoms with Gasteiger partial charge in [0.25, 0.3) is 0 Å². The number of esters is 4. The molecule has 4 N–H and O–H groups in total. The van der Waals surface area contributed by atoms with Gasteiger partial charge in [0.2, 0.25) is 0 Å². The molecule has 61 heavy (non-hydrogen) atoms. The van der Waals surface area contributed by atoms with Gasteiger partial charge in [-0.05, 0) is 148 Å². The lowest BCUT2D eigenvalue weighted by atomic mass is 10.1. The SMILES string of the molecule is C.COC(=O)CCCc1cc(Br)cc(Br)c1O.COC(=O)CCCc1cc(Br)ccc1O.COC(=O)CCCc1cccc(Br)c1O.COC(=O)CCCc1ccccc1O. The second kappa shape index (κ2) is 32.6. The molecule has 0 aromatic heterocycles. The molecule has 0 saturated heterocycles. The number of methoxy groups -OCH3 is 4. The second-order valence-corrected chi connectivity index (χ2v) is 16.3. The average Bonchev–Trinajstić information content (AvgIpc) is 3.23. The molecule has 4 aromatic rings. The number of carbonyl (C=O) groups excluding carboxylic acids is 4. The Morgan fingerprint density at radius 2 is 0.836 bits per heavy atom. The average molecular weight is 1110 g/mol. The maximum Gasteiger partial charge on any atom is 0.305 e. The molecule has 0 spiro atoms. The first-order chi connectivity index (χ1) is 28.6. The normalized spacial score (nSPS) is 9.84. The lowest BCUT2D eigenvalue weighted by molar-refractivity contribution is -0.141. The molecule has 0 radical (unpaired) electrons. The van der Waals surface area contributed by atoms with E-state index >= 15 is 0 Å². The van der Waals surface area contributed by atoms with Crippen molar-refractivity contribution >= 4 is 87.6 Å². The van der Waals surface area contributed by atoms with Crippen molar-refractivity contribution < 1.29 is 58.6 Å². The van der Waals surface area contributed by atoms with E-state index < -0.39 is 0 Å². The zero-order valence-electron chi connectivity index (χ0n) is 34.0. The number of benzene rings is 4. The van der Waals surface area contributed by atoms with Crippen LogP contribution in [0.1, 0.15) is 81.0 Å². The van der Waals surface area contributed by atoms with Crippen molar-refractivity contribution in [2.24, 2.45) is 0 Å². The zero-order chi connectivity index (χ0) is 45.0. The van der Waals surface area contributed by atoms with Crippen LogP contribution in [0.15, 0.2) is 90.7 Å². The summed E-state index contributed by atoms with van der Waals surface area (Å²) in [4.78, 5) is 43.4. The molecule has 0 aliphatic heterocycles. The number of hydrogen-bond donors (Lipinski definition) is 4. The zero-order valence-corrected chi connectivity index (χ0v) is 40.3. The molecule has 0 atom stereocenters. The summed E-state index contributed by atoms with van der Waals surface area (Å²) in [7, 11) is 5.50. The lowest BCUT2D eigenvalue weighted by Gasteiger charge is -2.07. The van der Waals surface area contributed by atoms with E-state index in [2.05, 4.69) is 82.7 Å². The van der Waals surface area contributed by atoms with Crippen LogP contribution < -0.4 is 0 Å². The van der Waals surface area contributed by atoms with Crippen LogP contribution in [-0.4, -0.2) is 72.7 Å². The van der Waals surface area contributed by atoms with E-state index in [0.29, 0.717) is 86.0 Å². The number of para-hydroxylation sites is 2. The minimum atomic E-state index is -0.228. The fraction of sp³-hybridized carbons (Fsp3) is 0.378. The molecular weight excluding hydrogens is 1050 g/mol. The highest BCUT2D eigenvalue weighted by molar-refractivity contribution is 9.11. The number of ether oxygens (including phenoxy) is 4. The summed E-state index contributed by atoms with van der Waals surface area (Å²) < 4.78 is 21.3. The molecule has 4 rings (SSSR count). The van der Waals surface area contributed by atoms with Gasteiger partial charge in [0.05, 0.1) is 37.4 Å². The number of halogens is 4. The van der Waals surface area contributed by atoms with Crippen LogP contribution in [0, 0.1) is 0 Å². The molecule has 336 valence electrons. The molecular formula is C45H56Br4O12. The molecule has 0 fully saturated rings. The van der Waals surface area contributed by atoms with E-state index in [9.17, 15) is 39.6 Å². The lowest BCUT2D eigenvalue weighted by Crippen LogP contribution is -2.00. The van der Waals surface area contributed by atoms with Gasteiger partial charge in [-0.25, -0.2) is 0 Å². The number of carbonyl (C=O) groups is 4. The number of phenolic OH excluding ortho intramolecular Hbond substituents is 4. The molecule has 16 heteroatoms. The first-order valence-electron chi connectivity index (χ1n) is 18.7. The Labute approximate surface area is 392 Å². The second-order valence-electron chi connectivity index (χ2n) is 12.8. The number of hydrogen-bond acceptors (Lipinski definition) is 12. The van der Waals surface area contributed by atoms with Gasteiger partial charge in [0, 0.05) is 34.6 Å². The van der Waals surface area contributed by atoms with Crippen LogP contribution in [0.4, 0.5) is 0 Å². The van der Waals surface area contributed by atoms with Crippen LogP contribution >= 0.6 is 63.7 Å². The van der Waals surface area contributed by atoms with E-state index in [-0.39, 0.29) is 54.3 Å². The highest BCUT2D eigenvalue weighted by atomic mass is 79.9. The Balaban J connectivity index is 0.000000783. The minimum absolute atomic E-state index is 0. The summed E-state index contributed by atoms with van der Waals surface area (Å²) in [5.41, 5.74) is 3.36. The van der Waals surface area contributed by atoms with Crippen molar-refractivity contribution in [3.63, 3.8) is 0 Å². The predicted molar refractivity (Wildman–Crippen MR) is 250 cm³/mol. The molecule has 0 aliphatic carbocycles. The van der Waals surface area contributed by atoms with E-state index in [1.165, 1.54) is 28.4 Å². The summed E-state index contributed by atoms with van der Waals surface area (Å²) in [5, 5.41) is 38.4. The summed E-state index contributed by atoms with van der Waals surface area (Å²) in [6.07, 6.45) is 6.89. The summed E-state index contributed by atoms with van der Waals surface area (Å²) >= 11 is 13.2. The molecule has 0 bridgehead atoms. The molecule has 12 nitrogen and oxygen atoms in total. The highest BCUT2D eigenvalue weighted by Gasteiger charge is 2.10. The topological polar surface area (TPSA) is 186 Å². The minimum Gasteiger partial charge on any atom is -0.508 e. The van der Waals surface area contributed by atoms with Gasteiger partial charge in [-0.15, -0.1) is 0 Å². The van der Waals surface area contributed by atoms with Crippen molar-refractivity contribution in [1.82, 2.24) is 0 Å². The van der Waals surface area contributed by atoms with Crippen LogP contribution in [0.5, 0.6) is 23.0 Å². The third-order valence-corrected chi connectivity index (χ3v) is 10.6. The molecule has 0 aliphatic rings. The first kappa shape index (κ1) is 56.9. The first-order valence-corrected chi connectivity index (χ1v) is 21.9. The Kier molecular flexibility index (Phi) is 30.4. The van der Waals surface area contributed by atoms with Gasteiger partial charge in [0.15, 0.2) is 0 Å². The van der Waals surface area contributed by atoms with Crippen molar-refractivity contribution in [1.29, 1.82) is 0 Å². The van der Waals surface area contributed by atoms with Crippen molar-refractivity contribution in [2.75, 3.05) is 28.4 Å². The van der Waals surface area contributed by atoms with E-state index in [4.69, 9.17) is 0 Å². The quantitative estimate of drug-likeness (QED) is 0.0615. The van der Waals surface area contributed by atoms with Gasteiger partial charge < -0.3 is 39.4 Å². The van der Waals surface area contributed by atoms with Gasteiger partial charge in [-0.2, -0.15) is 0 Å². The molecule has 4 aromatic carbocycles. The Bertz CT molecular complexity index is 1940. The number of rotatable bonds is 16. The van der Waals surface area contributed by atoms with Crippen molar-refractivity contribution in [3.05, 3.63) is 113 Å². The molecule has 0 heterocycles. The fourth-order valence-corrected chi connectivity index (χ4v) is 7.28. The fourth-order valence-electron chi connectivity index (χ4n) is 5.15. The molecule has 0 saturated carbocycles. The standard InChI is InChI=1S/C11H12Br2O3.2C11H13BrO3.C11H14O3.CH4/c1-16-10(14)4-2-3-7-5-8(12)6-9(13)11(7)15;1-15-10(13)7-3-5-8-4-2-6-9(12)11(8)14;1-15-11(14)4-2-3-8-7-9(12)5-6-10(8)13;1-14-11(13)8-4-6-9-5-2-3-7-10(9)12;/h5-6,15H,2-4H2,1H3;2,4,6,14H,3,5,7H2,1H3;5-7,13H,2-4H2,1H3;2-3,5,7,12H,4,6,8H2,1H3;1H4. The van der Waals surface area contributed by atoms with Crippen LogP contribution in [0.2, 0.25) is 0 Å². The van der Waals surface area contributed by atoms with Crippen molar-refractivity contribution in [3.8, 4) is 23.0 Å². The van der Waals surface area contributed by atoms with Crippen LogP contribution in [0.25, 0.3) is 0 Å². The third-order valence-electron chi connectivity index (χ3n) is 8.43.